The molecule has 32 heavy (non-hydrogen) atoms. The smallest absolute Gasteiger partial charge is 0.303 e. The van der Waals surface area contributed by atoms with Crippen molar-refractivity contribution in [2.75, 3.05) is 53.4 Å². The van der Waals surface area contributed by atoms with E-state index in [0.717, 1.165) is 31.3 Å². The van der Waals surface area contributed by atoms with Gasteiger partial charge in [-0.05, 0) is 97.3 Å². The fraction of sp³-hybridized carbons (Fsp3) is 0.917. The molecule has 0 spiro atoms. The van der Waals surface area contributed by atoms with Gasteiger partial charge in [-0.1, -0.05) is 33.1 Å². The van der Waals surface area contributed by atoms with Gasteiger partial charge < -0.3 is 31.5 Å². The maximum absolute atomic E-state index is 9.37. The molecule has 8 nitrogen and oxygen atoms in total. The third kappa shape index (κ3) is 26.8. The summed E-state index contributed by atoms with van der Waals surface area (Å²) in [6, 6.07) is 0. The molecular weight excluding hydrogens is 408 g/mol. The van der Waals surface area contributed by atoms with Crippen molar-refractivity contribution in [2.24, 2.45) is 17.6 Å². The Labute approximate surface area is 196 Å². The lowest BCUT2D eigenvalue weighted by atomic mass is 9.87. The number of nitrogens with zero attached hydrogens (tertiary/aromatic N) is 1. The van der Waals surface area contributed by atoms with E-state index < -0.39 is 11.9 Å². The van der Waals surface area contributed by atoms with Crippen molar-refractivity contribution in [2.45, 2.75) is 78.1 Å². The number of carbonyl (C=O) groups is 2. The Kier molecular flexibility index (Phi) is 25.2. The lowest BCUT2D eigenvalue weighted by Crippen LogP contribution is -2.29. The highest BCUT2D eigenvalue weighted by Gasteiger charge is 2.15. The van der Waals surface area contributed by atoms with Gasteiger partial charge in [-0.3, -0.25) is 9.59 Å². The Morgan fingerprint density at radius 2 is 1.16 bits per heavy atom. The van der Waals surface area contributed by atoms with Gasteiger partial charge in [-0.15, -0.1) is 0 Å². The van der Waals surface area contributed by atoms with E-state index in [1.54, 1.807) is 13.8 Å². The van der Waals surface area contributed by atoms with Crippen molar-refractivity contribution in [3.05, 3.63) is 0 Å². The zero-order chi connectivity index (χ0) is 24.6. The highest BCUT2D eigenvalue weighted by Crippen LogP contribution is 2.23. The van der Waals surface area contributed by atoms with Crippen LogP contribution in [0.1, 0.15) is 78.1 Å². The fourth-order valence-corrected chi connectivity index (χ4v) is 3.44. The molecule has 2 aliphatic rings. The first-order chi connectivity index (χ1) is 15.3. The fourth-order valence-electron chi connectivity index (χ4n) is 3.44. The molecule has 0 bridgehead atoms. The first-order valence-electron chi connectivity index (χ1n) is 12.5. The molecule has 0 aromatic rings. The molecule has 0 aliphatic carbocycles. The summed E-state index contributed by atoms with van der Waals surface area (Å²) >= 11 is 0. The largest absolute Gasteiger partial charge is 0.481 e. The van der Waals surface area contributed by atoms with Crippen LogP contribution in [0.15, 0.2) is 0 Å². The molecular formula is C24H52N4O4. The molecule has 8 heteroatoms. The van der Waals surface area contributed by atoms with Crippen molar-refractivity contribution in [3.8, 4) is 0 Å². The van der Waals surface area contributed by atoms with Crippen LogP contribution in [0.25, 0.3) is 0 Å². The first kappa shape index (κ1) is 33.0. The second kappa shape index (κ2) is 24.4. The predicted molar refractivity (Wildman–Crippen MR) is 133 cm³/mol. The predicted octanol–water partition coefficient (Wildman–Crippen LogP) is 3.01. The lowest BCUT2D eigenvalue weighted by Gasteiger charge is -2.25. The molecule has 2 fully saturated rings. The van der Waals surface area contributed by atoms with Crippen LogP contribution in [0, 0.1) is 11.8 Å². The summed E-state index contributed by atoms with van der Waals surface area (Å²) in [6.07, 6.45) is 11.7. The zero-order valence-electron chi connectivity index (χ0n) is 21.2. The molecule has 2 rings (SSSR count). The Balaban J connectivity index is 0. The number of nitrogens with two attached hydrogens (primary N) is 1. The quantitative estimate of drug-likeness (QED) is 0.355. The first-order valence-corrected chi connectivity index (χ1v) is 12.5. The number of nitrogens with one attached hydrogen (secondary N) is 2. The van der Waals surface area contributed by atoms with E-state index in [1.165, 1.54) is 71.1 Å². The van der Waals surface area contributed by atoms with E-state index in [-0.39, 0.29) is 12.8 Å². The number of hydrogen-bond donors (Lipinski definition) is 5. The molecule has 2 aliphatic heterocycles. The van der Waals surface area contributed by atoms with Gasteiger partial charge in [0.25, 0.3) is 0 Å². The molecule has 0 aromatic heterocycles. The Morgan fingerprint density at radius 1 is 0.812 bits per heavy atom. The highest BCUT2D eigenvalue weighted by molar-refractivity contribution is 5.66. The minimum Gasteiger partial charge on any atom is -0.481 e. The monoisotopic (exact) mass is 460 g/mol. The van der Waals surface area contributed by atoms with Crippen LogP contribution in [0.5, 0.6) is 0 Å². The molecule has 2 heterocycles. The molecule has 0 saturated carbocycles. The minimum absolute atomic E-state index is 0.222. The summed E-state index contributed by atoms with van der Waals surface area (Å²) < 4.78 is 0. The molecule has 0 aromatic carbocycles. The maximum atomic E-state index is 9.37. The molecule has 0 radical (unpaired) electrons. The SMILES string of the molecule is C(CC1CCNCC1)CC1CCNCC1.CCC(=O)O.CCC(=O)O.CN(C)CCCN. The maximum Gasteiger partial charge on any atom is 0.303 e. The van der Waals surface area contributed by atoms with Crippen molar-refractivity contribution >= 4 is 11.9 Å². The average molecular weight is 461 g/mol. The van der Waals surface area contributed by atoms with Crippen LogP contribution in [0.3, 0.4) is 0 Å². The van der Waals surface area contributed by atoms with Crippen LogP contribution in [0.2, 0.25) is 0 Å². The number of piperidine rings is 2. The summed E-state index contributed by atoms with van der Waals surface area (Å²) in [6.45, 7) is 10.2. The number of rotatable bonds is 9. The third-order valence-corrected chi connectivity index (χ3v) is 5.56. The van der Waals surface area contributed by atoms with Gasteiger partial charge in [0, 0.05) is 12.8 Å². The van der Waals surface area contributed by atoms with E-state index >= 15 is 0 Å². The van der Waals surface area contributed by atoms with E-state index in [1.807, 2.05) is 0 Å². The van der Waals surface area contributed by atoms with Crippen LogP contribution in [-0.4, -0.2) is 80.4 Å². The second-order valence-corrected chi connectivity index (χ2v) is 8.76. The molecule has 0 atom stereocenters. The van der Waals surface area contributed by atoms with E-state index in [0.29, 0.717) is 0 Å². The van der Waals surface area contributed by atoms with Gasteiger partial charge in [0.15, 0.2) is 0 Å². The van der Waals surface area contributed by atoms with Gasteiger partial charge in [-0.25, -0.2) is 0 Å². The van der Waals surface area contributed by atoms with Crippen molar-refractivity contribution in [1.29, 1.82) is 0 Å². The highest BCUT2D eigenvalue weighted by atomic mass is 16.4. The Hall–Kier alpha value is -1.22. The summed E-state index contributed by atoms with van der Waals surface area (Å²) in [7, 11) is 4.10. The van der Waals surface area contributed by atoms with Gasteiger partial charge in [0.2, 0.25) is 0 Å². The van der Waals surface area contributed by atoms with Gasteiger partial charge >= 0.3 is 11.9 Å². The summed E-state index contributed by atoms with van der Waals surface area (Å²) in [5, 5.41) is 22.3. The van der Waals surface area contributed by atoms with E-state index in [9.17, 15) is 9.59 Å². The molecule has 192 valence electrons. The topological polar surface area (TPSA) is 128 Å². The van der Waals surface area contributed by atoms with Gasteiger partial charge in [0.05, 0.1) is 0 Å². The molecule has 2 saturated heterocycles. The van der Waals surface area contributed by atoms with Crippen LogP contribution in [-0.2, 0) is 9.59 Å². The normalized spacial score (nSPS) is 16.6. The molecule has 0 unspecified atom stereocenters. The number of carboxylic acids is 2. The van der Waals surface area contributed by atoms with Gasteiger partial charge in [-0.2, -0.15) is 0 Å². The summed E-state index contributed by atoms with van der Waals surface area (Å²) in [4.78, 5) is 20.9. The van der Waals surface area contributed by atoms with Crippen molar-refractivity contribution in [3.63, 3.8) is 0 Å². The average Bonchev–Trinajstić information content (AvgIpc) is 2.80. The number of carboxylic acid groups (broad SMARTS) is 2. The molecule has 6 N–H and O–H groups in total. The van der Waals surface area contributed by atoms with E-state index in [2.05, 4.69) is 29.6 Å². The molecule has 0 amide bonds. The van der Waals surface area contributed by atoms with E-state index in [4.69, 9.17) is 15.9 Å². The lowest BCUT2D eigenvalue weighted by molar-refractivity contribution is -0.137. The third-order valence-electron chi connectivity index (χ3n) is 5.56. The Bertz CT molecular complexity index is 392. The minimum atomic E-state index is -0.745. The van der Waals surface area contributed by atoms with Crippen molar-refractivity contribution in [1.82, 2.24) is 15.5 Å². The van der Waals surface area contributed by atoms with Crippen molar-refractivity contribution < 1.29 is 19.8 Å². The van der Waals surface area contributed by atoms with Gasteiger partial charge in [0.1, 0.15) is 0 Å². The number of hydrogen-bond acceptors (Lipinski definition) is 6. The standard InChI is InChI=1S/C13H26N2.C5H14N2.2C3H6O2/c1(2-12-4-8-14-9-5-12)3-13-6-10-15-11-7-13;1-7(2)5-3-4-6;2*1-2-3(4)5/h12-15H,1-11H2;3-6H2,1-2H3;2*2H2,1H3,(H,4,5). The Morgan fingerprint density at radius 3 is 1.38 bits per heavy atom. The van der Waals surface area contributed by atoms with Crippen LogP contribution >= 0.6 is 0 Å². The summed E-state index contributed by atoms with van der Waals surface area (Å²) in [5.41, 5.74) is 5.25. The summed E-state index contributed by atoms with van der Waals surface area (Å²) in [5.74, 6) is 0.580. The second-order valence-electron chi connectivity index (χ2n) is 8.76. The van der Waals surface area contributed by atoms with Crippen LogP contribution in [0.4, 0.5) is 0 Å². The number of aliphatic carboxylic acids is 2. The van der Waals surface area contributed by atoms with Crippen LogP contribution < -0.4 is 16.4 Å². The zero-order valence-corrected chi connectivity index (χ0v) is 21.2.